The number of rotatable bonds is 2. The second-order valence-corrected chi connectivity index (χ2v) is 5.78. The highest BCUT2D eigenvalue weighted by Gasteiger charge is 2.30. The van der Waals surface area contributed by atoms with Gasteiger partial charge >= 0.3 is 6.09 Å². The van der Waals surface area contributed by atoms with E-state index in [9.17, 15) is 4.79 Å². The second-order valence-electron chi connectivity index (χ2n) is 5.78. The van der Waals surface area contributed by atoms with Crippen LogP contribution in [0.3, 0.4) is 0 Å². The molecule has 1 aliphatic rings. The van der Waals surface area contributed by atoms with Crippen LogP contribution in [0, 0.1) is 11.8 Å². The Labute approximate surface area is 115 Å². The van der Waals surface area contributed by atoms with Gasteiger partial charge in [-0.15, -0.1) is 0 Å². The third-order valence-electron chi connectivity index (χ3n) is 2.98. The van der Waals surface area contributed by atoms with E-state index in [1.807, 2.05) is 20.8 Å². The number of amides is 1. The van der Waals surface area contributed by atoms with Crippen LogP contribution in [-0.4, -0.2) is 65.9 Å². The first-order chi connectivity index (χ1) is 8.83. The molecule has 0 aromatic rings. The van der Waals surface area contributed by atoms with Crippen molar-refractivity contribution < 1.29 is 14.6 Å². The zero-order valence-corrected chi connectivity index (χ0v) is 12.3. The summed E-state index contributed by atoms with van der Waals surface area (Å²) in [4.78, 5) is 15.8. The molecule has 1 fully saturated rings. The van der Waals surface area contributed by atoms with Crippen LogP contribution in [0.4, 0.5) is 4.79 Å². The second kappa shape index (κ2) is 6.78. The van der Waals surface area contributed by atoms with Crippen molar-refractivity contribution in [3.8, 4) is 11.8 Å². The maximum Gasteiger partial charge on any atom is 0.410 e. The fraction of sp³-hybridized carbons (Fsp3) is 0.786. The molecule has 1 saturated heterocycles. The lowest BCUT2D eigenvalue weighted by Crippen LogP contribution is -2.42. The van der Waals surface area contributed by atoms with Crippen molar-refractivity contribution >= 4 is 6.09 Å². The molecule has 1 unspecified atom stereocenters. The Morgan fingerprint density at radius 3 is 2.74 bits per heavy atom. The van der Waals surface area contributed by atoms with E-state index in [0.717, 1.165) is 19.5 Å². The van der Waals surface area contributed by atoms with E-state index in [1.165, 1.54) is 0 Å². The highest BCUT2D eigenvalue weighted by atomic mass is 16.6. The number of carbonyl (C=O) groups is 1. The molecule has 1 atom stereocenters. The number of aliphatic hydroxyl groups excluding tert-OH is 1. The first-order valence-corrected chi connectivity index (χ1v) is 6.58. The number of nitrogens with zero attached hydrogens (tertiary/aromatic N) is 2. The van der Waals surface area contributed by atoms with E-state index < -0.39 is 5.60 Å². The van der Waals surface area contributed by atoms with Crippen LogP contribution in [0.15, 0.2) is 0 Å². The Hall–Kier alpha value is -1.25. The summed E-state index contributed by atoms with van der Waals surface area (Å²) in [5, 5.41) is 8.60. The minimum absolute atomic E-state index is 0.102. The quantitative estimate of drug-likeness (QED) is 0.757. The van der Waals surface area contributed by atoms with Gasteiger partial charge in [0.2, 0.25) is 0 Å². The molecule has 0 spiro atoms. The molecule has 1 amide bonds. The molecule has 5 nitrogen and oxygen atoms in total. The lowest BCUT2D eigenvalue weighted by atomic mass is 10.2. The molecule has 5 heteroatoms. The molecule has 0 saturated carbocycles. The summed E-state index contributed by atoms with van der Waals surface area (Å²) in [6.07, 6.45) is 0.650. The van der Waals surface area contributed by atoms with Crippen molar-refractivity contribution in [1.29, 1.82) is 0 Å². The highest BCUT2D eigenvalue weighted by Crippen LogP contribution is 2.17. The van der Waals surface area contributed by atoms with Gasteiger partial charge in [0.15, 0.2) is 0 Å². The molecule has 1 aliphatic heterocycles. The fourth-order valence-electron chi connectivity index (χ4n) is 1.98. The van der Waals surface area contributed by atoms with Crippen molar-refractivity contribution in [2.24, 2.45) is 0 Å². The molecule has 19 heavy (non-hydrogen) atoms. The number of likely N-dealkylation sites (tertiary alicyclic amines) is 1. The summed E-state index contributed by atoms with van der Waals surface area (Å²) in [5.41, 5.74) is -0.462. The van der Waals surface area contributed by atoms with Crippen molar-refractivity contribution in [3.05, 3.63) is 0 Å². The summed E-state index contributed by atoms with van der Waals surface area (Å²) < 4.78 is 5.35. The Morgan fingerprint density at radius 2 is 2.16 bits per heavy atom. The molecule has 1 rings (SSSR count). The molecule has 0 bridgehead atoms. The van der Waals surface area contributed by atoms with Gasteiger partial charge in [0.25, 0.3) is 0 Å². The Balaban J connectivity index is 2.43. The third kappa shape index (κ3) is 5.50. The average Bonchev–Trinajstić information content (AvgIpc) is 2.75. The van der Waals surface area contributed by atoms with Crippen LogP contribution in [0.1, 0.15) is 27.2 Å². The monoisotopic (exact) mass is 268 g/mol. The number of carbonyl (C=O) groups excluding carboxylic acids is 1. The van der Waals surface area contributed by atoms with Crippen molar-refractivity contribution in [1.82, 2.24) is 9.80 Å². The van der Waals surface area contributed by atoms with Crippen LogP contribution < -0.4 is 0 Å². The SMILES string of the molecule is CN(C(=O)OC(C)(C)C)C1CCN(CC#CCO)C1. The molecule has 0 aromatic heterocycles. The van der Waals surface area contributed by atoms with E-state index in [1.54, 1.807) is 11.9 Å². The van der Waals surface area contributed by atoms with Crippen LogP contribution in [0.5, 0.6) is 0 Å². The van der Waals surface area contributed by atoms with Gasteiger partial charge in [-0.2, -0.15) is 0 Å². The van der Waals surface area contributed by atoms with E-state index >= 15 is 0 Å². The van der Waals surface area contributed by atoms with Crippen molar-refractivity contribution in [3.63, 3.8) is 0 Å². The normalized spacial score (nSPS) is 19.7. The Kier molecular flexibility index (Phi) is 5.64. The first kappa shape index (κ1) is 15.8. The highest BCUT2D eigenvalue weighted by molar-refractivity contribution is 5.68. The van der Waals surface area contributed by atoms with E-state index in [-0.39, 0.29) is 18.7 Å². The third-order valence-corrected chi connectivity index (χ3v) is 2.98. The van der Waals surface area contributed by atoms with Crippen molar-refractivity contribution in [2.75, 3.05) is 33.3 Å². The van der Waals surface area contributed by atoms with Crippen LogP contribution >= 0.6 is 0 Å². The van der Waals surface area contributed by atoms with Crippen LogP contribution in [-0.2, 0) is 4.74 Å². The topological polar surface area (TPSA) is 53.0 Å². The van der Waals surface area contributed by atoms with Gasteiger partial charge in [0, 0.05) is 26.2 Å². The smallest absolute Gasteiger partial charge is 0.410 e. The van der Waals surface area contributed by atoms with Gasteiger partial charge in [-0.3, -0.25) is 4.90 Å². The van der Waals surface area contributed by atoms with Gasteiger partial charge in [-0.05, 0) is 27.2 Å². The van der Waals surface area contributed by atoms with Gasteiger partial charge in [0.1, 0.15) is 12.2 Å². The standard InChI is InChI=1S/C14H24N2O3/c1-14(2,3)19-13(18)15(4)12-7-9-16(11-12)8-5-6-10-17/h12,17H,7-11H2,1-4H3. The molecule has 0 aromatic carbocycles. The zero-order valence-electron chi connectivity index (χ0n) is 12.3. The summed E-state index contributed by atoms with van der Waals surface area (Å²) in [7, 11) is 1.78. The zero-order chi connectivity index (χ0) is 14.5. The molecular formula is C14H24N2O3. The number of hydrogen-bond acceptors (Lipinski definition) is 4. The van der Waals surface area contributed by atoms with E-state index in [2.05, 4.69) is 16.7 Å². The van der Waals surface area contributed by atoms with Gasteiger partial charge < -0.3 is 14.7 Å². The van der Waals surface area contributed by atoms with E-state index in [4.69, 9.17) is 9.84 Å². The predicted octanol–water partition coefficient (Wildman–Crippen LogP) is 0.923. The van der Waals surface area contributed by atoms with Crippen LogP contribution in [0.25, 0.3) is 0 Å². The molecule has 0 aliphatic carbocycles. The summed E-state index contributed by atoms with van der Waals surface area (Å²) >= 11 is 0. The minimum atomic E-state index is -0.462. The van der Waals surface area contributed by atoms with Gasteiger partial charge in [-0.25, -0.2) is 4.79 Å². The number of likely N-dealkylation sites (N-methyl/N-ethyl adjacent to an activating group) is 1. The lowest BCUT2D eigenvalue weighted by molar-refractivity contribution is 0.0229. The number of aliphatic hydroxyl groups is 1. The number of ether oxygens (including phenoxy) is 1. The molecule has 1 N–H and O–H groups in total. The first-order valence-electron chi connectivity index (χ1n) is 6.58. The van der Waals surface area contributed by atoms with Crippen molar-refractivity contribution in [2.45, 2.75) is 38.8 Å². The summed E-state index contributed by atoms with van der Waals surface area (Å²) in [6.45, 7) is 7.85. The maximum atomic E-state index is 11.9. The molecule has 1 heterocycles. The molecule has 0 radical (unpaired) electrons. The minimum Gasteiger partial charge on any atom is -0.444 e. The Bertz CT molecular complexity index is 365. The summed E-state index contributed by atoms with van der Waals surface area (Å²) in [6, 6.07) is 0.172. The lowest BCUT2D eigenvalue weighted by Gasteiger charge is -2.28. The Morgan fingerprint density at radius 1 is 1.47 bits per heavy atom. The van der Waals surface area contributed by atoms with Gasteiger partial charge in [-0.1, -0.05) is 11.8 Å². The molecule has 108 valence electrons. The molecular weight excluding hydrogens is 244 g/mol. The van der Waals surface area contributed by atoms with Crippen LogP contribution in [0.2, 0.25) is 0 Å². The predicted molar refractivity (Wildman–Crippen MR) is 73.7 cm³/mol. The van der Waals surface area contributed by atoms with Gasteiger partial charge in [0.05, 0.1) is 6.54 Å². The number of hydrogen-bond donors (Lipinski definition) is 1. The summed E-state index contributed by atoms with van der Waals surface area (Å²) in [5.74, 6) is 5.53. The average molecular weight is 268 g/mol. The largest absolute Gasteiger partial charge is 0.444 e. The fourth-order valence-corrected chi connectivity index (χ4v) is 1.98. The maximum absolute atomic E-state index is 11.9. The van der Waals surface area contributed by atoms with E-state index in [0.29, 0.717) is 6.54 Å².